The first kappa shape index (κ1) is 19.0. The Bertz CT molecular complexity index is 720. The van der Waals surface area contributed by atoms with Crippen LogP contribution in [0.25, 0.3) is 6.08 Å². The van der Waals surface area contributed by atoms with Crippen LogP contribution in [0.15, 0.2) is 27.6 Å². The molecular weight excluding hydrogens is 414 g/mol. The highest BCUT2D eigenvalue weighted by atomic mass is 79.9. The van der Waals surface area contributed by atoms with Crippen LogP contribution in [0.5, 0.6) is 5.75 Å². The lowest BCUT2D eigenvalue weighted by Crippen LogP contribution is -2.42. The molecule has 1 aliphatic rings. The normalized spacial score (nSPS) is 17.3. The van der Waals surface area contributed by atoms with Gasteiger partial charge in [0, 0.05) is 10.0 Å². The SMILES string of the molecule is CCOc1ccc(Br)cc1/C=C1\SC(=S)N([C@@H](C)C(=O)OC)C1=O. The molecule has 0 bridgehead atoms. The van der Waals surface area contributed by atoms with E-state index in [1.54, 1.807) is 13.0 Å². The molecule has 0 aromatic heterocycles. The number of methoxy groups -OCH3 is 1. The van der Waals surface area contributed by atoms with Gasteiger partial charge in [-0.1, -0.05) is 39.9 Å². The van der Waals surface area contributed by atoms with Crippen molar-refractivity contribution in [3.8, 4) is 5.75 Å². The number of nitrogens with zero attached hydrogens (tertiary/aromatic N) is 1. The third kappa shape index (κ3) is 3.99. The molecule has 0 unspecified atom stereocenters. The van der Waals surface area contributed by atoms with Crippen molar-refractivity contribution in [2.24, 2.45) is 0 Å². The summed E-state index contributed by atoms with van der Waals surface area (Å²) in [7, 11) is 1.28. The fourth-order valence-electron chi connectivity index (χ4n) is 2.15. The average molecular weight is 430 g/mol. The molecule has 24 heavy (non-hydrogen) atoms. The van der Waals surface area contributed by atoms with Gasteiger partial charge in [-0.3, -0.25) is 9.69 Å². The maximum absolute atomic E-state index is 12.6. The van der Waals surface area contributed by atoms with Gasteiger partial charge in [0.25, 0.3) is 5.91 Å². The van der Waals surface area contributed by atoms with E-state index >= 15 is 0 Å². The molecule has 1 aromatic carbocycles. The summed E-state index contributed by atoms with van der Waals surface area (Å²) in [5.74, 6) is -0.151. The molecule has 1 amide bonds. The Hall–Kier alpha value is -1.38. The monoisotopic (exact) mass is 429 g/mol. The third-order valence-corrected chi connectivity index (χ3v) is 5.14. The second kappa shape index (κ2) is 8.13. The standard InChI is InChI=1S/C16H16BrNO4S2/c1-4-22-12-6-5-11(17)7-10(12)8-13-14(19)18(16(23)24-13)9(2)15(20)21-3/h5-9H,4H2,1-3H3/b13-8-/t9-/m0/s1. The van der Waals surface area contributed by atoms with Gasteiger partial charge < -0.3 is 9.47 Å². The zero-order chi connectivity index (χ0) is 17.9. The van der Waals surface area contributed by atoms with Gasteiger partial charge in [-0.15, -0.1) is 0 Å². The highest BCUT2D eigenvalue weighted by Gasteiger charge is 2.38. The number of thioether (sulfide) groups is 1. The maximum Gasteiger partial charge on any atom is 0.328 e. The van der Waals surface area contributed by atoms with Gasteiger partial charge in [0.05, 0.1) is 18.6 Å². The Morgan fingerprint density at radius 3 is 2.83 bits per heavy atom. The molecule has 0 N–H and O–H groups in total. The van der Waals surface area contributed by atoms with Gasteiger partial charge >= 0.3 is 5.97 Å². The van der Waals surface area contributed by atoms with Gasteiger partial charge in [-0.05, 0) is 38.1 Å². The minimum absolute atomic E-state index is 0.315. The number of halogens is 1. The van der Waals surface area contributed by atoms with Crippen molar-refractivity contribution < 1.29 is 19.1 Å². The zero-order valence-electron chi connectivity index (χ0n) is 13.4. The topological polar surface area (TPSA) is 55.8 Å². The number of esters is 1. The van der Waals surface area contributed by atoms with Crippen LogP contribution in [-0.4, -0.2) is 40.9 Å². The largest absolute Gasteiger partial charge is 0.493 e. The van der Waals surface area contributed by atoms with E-state index in [1.165, 1.54) is 12.0 Å². The summed E-state index contributed by atoms with van der Waals surface area (Å²) in [5.41, 5.74) is 0.762. The van der Waals surface area contributed by atoms with Gasteiger partial charge in [0.2, 0.25) is 0 Å². The third-order valence-electron chi connectivity index (χ3n) is 3.31. The molecule has 1 saturated heterocycles. The number of amides is 1. The van der Waals surface area contributed by atoms with Gasteiger partial charge in [0.1, 0.15) is 16.1 Å². The average Bonchev–Trinajstić information content (AvgIpc) is 2.82. The summed E-state index contributed by atoms with van der Waals surface area (Å²) in [6.45, 7) is 4.00. The fourth-order valence-corrected chi connectivity index (χ4v) is 3.94. The second-order valence-electron chi connectivity index (χ2n) is 4.87. The molecule has 0 spiro atoms. The first-order valence-electron chi connectivity index (χ1n) is 7.16. The van der Waals surface area contributed by atoms with Crippen LogP contribution in [0, 0.1) is 0 Å². The van der Waals surface area contributed by atoms with Crippen LogP contribution < -0.4 is 4.74 Å². The molecule has 1 aromatic rings. The van der Waals surface area contributed by atoms with Crippen molar-refractivity contribution in [1.29, 1.82) is 0 Å². The van der Waals surface area contributed by atoms with Gasteiger partial charge in [-0.2, -0.15) is 0 Å². The lowest BCUT2D eigenvalue weighted by Gasteiger charge is -2.20. The van der Waals surface area contributed by atoms with Crippen LogP contribution in [0.2, 0.25) is 0 Å². The van der Waals surface area contributed by atoms with Crippen molar-refractivity contribution in [3.63, 3.8) is 0 Å². The van der Waals surface area contributed by atoms with E-state index in [-0.39, 0.29) is 5.91 Å². The van der Waals surface area contributed by atoms with Gasteiger partial charge in [0.15, 0.2) is 0 Å². The van der Waals surface area contributed by atoms with E-state index in [2.05, 4.69) is 15.9 Å². The second-order valence-corrected chi connectivity index (χ2v) is 7.46. The quantitative estimate of drug-likeness (QED) is 0.404. The lowest BCUT2D eigenvalue weighted by molar-refractivity contribution is -0.147. The predicted molar refractivity (Wildman–Crippen MR) is 102 cm³/mol. The Labute approximate surface area is 158 Å². The minimum Gasteiger partial charge on any atom is -0.493 e. The Kier molecular flexibility index (Phi) is 6.42. The number of rotatable bonds is 5. The van der Waals surface area contributed by atoms with E-state index in [0.29, 0.717) is 21.6 Å². The molecule has 0 saturated carbocycles. The smallest absolute Gasteiger partial charge is 0.328 e. The Balaban J connectivity index is 2.35. The molecule has 1 aliphatic heterocycles. The van der Waals surface area contributed by atoms with Crippen LogP contribution >= 0.6 is 39.9 Å². The summed E-state index contributed by atoms with van der Waals surface area (Å²) in [5, 5.41) is 0. The maximum atomic E-state index is 12.6. The molecular formula is C16H16BrNO4S2. The number of carbonyl (C=O) groups excluding carboxylic acids is 2. The molecule has 2 rings (SSSR count). The first-order valence-corrected chi connectivity index (χ1v) is 9.18. The van der Waals surface area contributed by atoms with Gasteiger partial charge in [-0.25, -0.2) is 4.79 Å². The van der Waals surface area contributed by atoms with E-state index in [4.69, 9.17) is 21.7 Å². The van der Waals surface area contributed by atoms with E-state index in [9.17, 15) is 9.59 Å². The molecule has 128 valence electrons. The summed E-state index contributed by atoms with van der Waals surface area (Å²) >= 11 is 9.81. The number of hydrogen-bond donors (Lipinski definition) is 0. The Morgan fingerprint density at radius 2 is 2.21 bits per heavy atom. The van der Waals surface area contributed by atoms with Crippen LogP contribution in [0.4, 0.5) is 0 Å². The summed E-state index contributed by atoms with van der Waals surface area (Å²) < 4.78 is 11.5. The lowest BCUT2D eigenvalue weighted by atomic mass is 10.1. The summed E-state index contributed by atoms with van der Waals surface area (Å²) in [6.07, 6.45) is 1.72. The fraction of sp³-hybridized carbons (Fsp3) is 0.312. The van der Waals surface area contributed by atoms with Crippen LogP contribution in [-0.2, 0) is 14.3 Å². The highest BCUT2D eigenvalue weighted by Crippen LogP contribution is 2.36. The number of hydrogen-bond acceptors (Lipinski definition) is 6. The molecule has 8 heteroatoms. The predicted octanol–water partition coefficient (Wildman–Crippen LogP) is 3.61. The molecule has 1 fully saturated rings. The minimum atomic E-state index is -0.762. The molecule has 1 atom stereocenters. The van der Waals surface area contributed by atoms with Crippen molar-refractivity contribution >= 4 is 62.2 Å². The molecule has 0 radical (unpaired) electrons. The van der Waals surface area contributed by atoms with E-state index in [1.807, 2.05) is 25.1 Å². The Morgan fingerprint density at radius 1 is 1.50 bits per heavy atom. The van der Waals surface area contributed by atoms with Crippen molar-refractivity contribution in [2.45, 2.75) is 19.9 Å². The molecule has 0 aliphatic carbocycles. The van der Waals surface area contributed by atoms with Crippen molar-refractivity contribution in [2.75, 3.05) is 13.7 Å². The molecule has 1 heterocycles. The molecule has 5 nitrogen and oxygen atoms in total. The van der Waals surface area contributed by atoms with Crippen molar-refractivity contribution in [1.82, 2.24) is 4.90 Å². The number of ether oxygens (including phenoxy) is 2. The zero-order valence-corrected chi connectivity index (χ0v) is 16.6. The van der Waals surface area contributed by atoms with E-state index in [0.717, 1.165) is 21.8 Å². The first-order chi connectivity index (χ1) is 11.4. The van der Waals surface area contributed by atoms with Crippen LogP contribution in [0.1, 0.15) is 19.4 Å². The van der Waals surface area contributed by atoms with Crippen molar-refractivity contribution in [3.05, 3.63) is 33.1 Å². The van der Waals surface area contributed by atoms with Crippen LogP contribution in [0.3, 0.4) is 0 Å². The number of benzene rings is 1. The summed E-state index contributed by atoms with van der Waals surface area (Å²) in [6, 6.07) is 4.80. The summed E-state index contributed by atoms with van der Waals surface area (Å²) in [4.78, 5) is 26.0. The van der Waals surface area contributed by atoms with E-state index < -0.39 is 12.0 Å². The number of thiocarbonyl (C=S) groups is 1. The highest BCUT2D eigenvalue weighted by molar-refractivity contribution is 9.10. The number of carbonyl (C=O) groups is 2.